The van der Waals surface area contributed by atoms with Crippen molar-refractivity contribution in [1.29, 1.82) is 0 Å². The van der Waals surface area contributed by atoms with Gasteiger partial charge in [-0.05, 0) is 25.3 Å². The van der Waals surface area contributed by atoms with Crippen molar-refractivity contribution < 1.29 is 0 Å². The molecular weight excluding hydrogens is 280 g/mol. The smallest absolute Gasteiger partial charge is 0.142 e. The lowest BCUT2D eigenvalue weighted by molar-refractivity contribution is 0.581. The highest BCUT2D eigenvalue weighted by Gasteiger charge is 2.15. The summed E-state index contributed by atoms with van der Waals surface area (Å²) in [6, 6.07) is 2.41. The minimum absolute atomic E-state index is 0.476. The molecule has 0 fully saturated rings. The van der Waals surface area contributed by atoms with Crippen LogP contribution in [0.2, 0.25) is 0 Å². The highest BCUT2D eigenvalue weighted by molar-refractivity contribution is 7.15. The van der Waals surface area contributed by atoms with Gasteiger partial charge in [-0.15, -0.1) is 11.3 Å². The lowest BCUT2D eigenvalue weighted by Gasteiger charge is -2.08. The molecule has 0 bridgehead atoms. The number of aryl methyl sites for hydroxylation is 1. The van der Waals surface area contributed by atoms with Crippen molar-refractivity contribution in [2.45, 2.75) is 53.6 Å². The molecular formula is C16H24N4S. The summed E-state index contributed by atoms with van der Waals surface area (Å²) >= 11 is 1.74. The summed E-state index contributed by atoms with van der Waals surface area (Å²) < 4.78 is 0. The van der Waals surface area contributed by atoms with E-state index in [-0.39, 0.29) is 0 Å². The van der Waals surface area contributed by atoms with Crippen LogP contribution in [-0.4, -0.2) is 21.0 Å². The molecule has 0 saturated carbocycles. The first-order valence-corrected chi connectivity index (χ1v) is 8.29. The van der Waals surface area contributed by atoms with E-state index in [2.05, 4.69) is 43.0 Å². The molecule has 114 valence electrons. The highest BCUT2D eigenvalue weighted by Crippen LogP contribution is 2.28. The SMILES string of the molecule is Cc1nccc(-c2nc(CC(C)C)c(CNC(C)C)s2)n1. The van der Waals surface area contributed by atoms with Gasteiger partial charge in [0.1, 0.15) is 16.5 Å². The number of hydrogen-bond donors (Lipinski definition) is 1. The van der Waals surface area contributed by atoms with Gasteiger partial charge in [-0.3, -0.25) is 0 Å². The Morgan fingerprint density at radius 3 is 2.57 bits per heavy atom. The van der Waals surface area contributed by atoms with Crippen molar-refractivity contribution in [3.05, 3.63) is 28.7 Å². The number of nitrogens with one attached hydrogen (secondary N) is 1. The molecule has 0 radical (unpaired) electrons. The molecule has 0 amide bonds. The predicted molar refractivity (Wildman–Crippen MR) is 88.4 cm³/mol. The van der Waals surface area contributed by atoms with Crippen LogP contribution in [0.3, 0.4) is 0 Å². The maximum absolute atomic E-state index is 4.83. The largest absolute Gasteiger partial charge is 0.310 e. The van der Waals surface area contributed by atoms with Crippen LogP contribution in [0.1, 0.15) is 44.1 Å². The van der Waals surface area contributed by atoms with Crippen LogP contribution in [0.15, 0.2) is 12.3 Å². The first-order chi connectivity index (χ1) is 9.95. The van der Waals surface area contributed by atoms with Crippen LogP contribution < -0.4 is 5.32 Å². The summed E-state index contributed by atoms with van der Waals surface area (Å²) in [6.07, 6.45) is 2.81. The molecule has 5 heteroatoms. The molecule has 0 aromatic carbocycles. The van der Waals surface area contributed by atoms with E-state index in [0.717, 1.165) is 29.5 Å². The van der Waals surface area contributed by atoms with Crippen molar-refractivity contribution in [1.82, 2.24) is 20.3 Å². The Morgan fingerprint density at radius 2 is 1.95 bits per heavy atom. The number of hydrogen-bond acceptors (Lipinski definition) is 5. The van der Waals surface area contributed by atoms with Crippen LogP contribution in [0.4, 0.5) is 0 Å². The van der Waals surface area contributed by atoms with E-state index in [9.17, 15) is 0 Å². The second kappa shape index (κ2) is 7.09. The van der Waals surface area contributed by atoms with E-state index in [4.69, 9.17) is 4.98 Å². The topological polar surface area (TPSA) is 50.7 Å². The fourth-order valence-corrected chi connectivity index (χ4v) is 3.06. The van der Waals surface area contributed by atoms with Crippen molar-refractivity contribution in [3.63, 3.8) is 0 Å². The van der Waals surface area contributed by atoms with Crippen LogP contribution in [0.5, 0.6) is 0 Å². The zero-order valence-corrected chi connectivity index (χ0v) is 14.3. The van der Waals surface area contributed by atoms with E-state index in [1.807, 2.05) is 13.0 Å². The summed E-state index contributed by atoms with van der Waals surface area (Å²) in [5.74, 6) is 1.39. The molecule has 0 spiro atoms. The van der Waals surface area contributed by atoms with Gasteiger partial charge in [-0.1, -0.05) is 27.7 Å². The summed E-state index contributed by atoms with van der Waals surface area (Å²) in [5.41, 5.74) is 2.13. The van der Waals surface area contributed by atoms with Gasteiger partial charge >= 0.3 is 0 Å². The molecule has 0 atom stereocenters. The molecule has 1 N–H and O–H groups in total. The third-order valence-electron chi connectivity index (χ3n) is 3.05. The van der Waals surface area contributed by atoms with Crippen molar-refractivity contribution in [2.24, 2.45) is 5.92 Å². The molecule has 2 aromatic rings. The monoisotopic (exact) mass is 304 g/mol. The van der Waals surface area contributed by atoms with Crippen LogP contribution >= 0.6 is 11.3 Å². The molecule has 2 aromatic heterocycles. The lowest BCUT2D eigenvalue weighted by atomic mass is 10.1. The molecule has 0 unspecified atom stereocenters. The predicted octanol–water partition coefficient (Wildman–Crippen LogP) is 3.61. The first kappa shape index (κ1) is 16.0. The van der Waals surface area contributed by atoms with Crippen LogP contribution in [-0.2, 0) is 13.0 Å². The molecule has 21 heavy (non-hydrogen) atoms. The van der Waals surface area contributed by atoms with Crippen molar-refractivity contribution in [3.8, 4) is 10.7 Å². The minimum atomic E-state index is 0.476. The van der Waals surface area contributed by atoms with Gasteiger partial charge < -0.3 is 5.32 Å². The second-order valence-corrected chi connectivity index (χ2v) is 7.10. The zero-order chi connectivity index (χ0) is 15.4. The van der Waals surface area contributed by atoms with E-state index < -0.39 is 0 Å². The van der Waals surface area contributed by atoms with E-state index in [1.165, 1.54) is 10.6 Å². The highest BCUT2D eigenvalue weighted by atomic mass is 32.1. The number of nitrogens with zero attached hydrogens (tertiary/aromatic N) is 3. The Kier molecular flexibility index (Phi) is 5.42. The quantitative estimate of drug-likeness (QED) is 0.886. The van der Waals surface area contributed by atoms with E-state index in [1.54, 1.807) is 17.5 Å². The number of rotatable bonds is 6. The van der Waals surface area contributed by atoms with Gasteiger partial charge in [0.15, 0.2) is 0 Å². The molecule has 0 aliphatic carbocycles. The van der Waals surface area contributed by atoms with E-state index in [0.29, 0.717) is 12.0 Å². The average Bonchev–Trinajstić information content (AvgIpc) is 2.78. The Labute approximate surface area is 131 Å². The third-order valence-corrected chi connectivity index (χ3v) is 4.17. The second-order valence-electron chi connectivity index (χ2n) is 6.01. The van der Waals surface area contributed by atoms with Gasteiger partial charge in [0, 0.05) is 23.7 Å². The van der Waals surface area contributed by atoms with Gasteiger partial charge in [0.25, 0.3) is 0 Å². The molecule has 0 aliphatic rings. The van der Waals surface area contributed by atoms with Crippen molar-refractivity contribution >= 4 is 11.3 Å². The Morgan fingerprint density at radius 1 is 1.19 bits per heavy atom. The Balaban J connectivity index is 2.30. The molecule has 4 nitrogen and oxygen atoms in total. The maximum Gasteiger partial charge on any atom is 0.142 e. The van der Waals surface area contributed by atoms with Gasteiger partial charge in [0.05, 0.1) is 5.69 Å². The summed E-state index contributed by atoms with van der Waals surface area (Å²) in [6.45, 7) is 11.6. The summed E-state index contributed by atoms with van der Waals surface area (Å²) in [5, 5.41) is 4.49. The Hall–Kier alpha value is -1.33. The first-order valence-electron chi connectivity index (χ1n) is 7.47. The maximum atomic E-state index is 4.83. The summed E-state index contributed by atoms with van der Waals surface area (Å²) in [7, 11) is 0. The number of aromatic nitrogens is 3. The van der Waals surface area contributed by atoms with Gasteiger partial charge in [-0.2, -0.15) is 0 Å². The molecule has 2 rings (SSSR count). The number of thiazole rings is 1. The normalized spacial score (nSPS) is 11.6. The molecule has 0 saturated heterocycles. The van der Waals surface area contributed by atoms with Gasteiger partial charge in [0.2, 0.25) is 0 Å². The van der Waals surface area contributed by atoms with Crippen LogP contribution in [0.25, 0.3) is 10.7 Å². The zero-order valence-electron chi connectivity index (χ0n) is 13.5. The molecule has 2 heterocycles. The lowest BCUT2D eigenvalue weighted by Crippen LogP contribution is -2.22. The Bertz CT molecular complexity index is 590. The third kappa shape index (κ3) is 4.58. The minimum Gasteiger partial charge on any atom is -0.310 e. The van der Waals surface area contributed by atoms with Gasteiger partial charge in [-0.25, -0.2) is 15.0 Å². The average molecular weight is 304 g/mol. The van der Waals surface area contributed by atoms with Crippen molar-refractivity contribution in [2.75, 3.05) is 0 Å². The van der Waals surface area contributed by atoms with Crippen LogP contribution in [0, 0.1) is 12.8 Å². The summed E-state index contributed by atoms with van der Waals surface area (Å²) in [4.78, 5) is 14.8. The standard InChI is InChI=1S/C16H24N4S/c1-10(2)8-14-15(9-18-11(3)4)21-16(20-14)13-6-7-17-12(5)19-13/h6-7,10-11,18H,8-9H2,1-5H3. The van der Waals surface area contributed by atoms with E-state index >= 15 is 0 Å². The fourth-order valence-electron chi connectivity index (χ4n) is 2.05. The fraction of sp³-hybridized carbons (Fsp3) is 0.562. The molecule has 0 aliphatic heterocycles.